The molecule has 0 saturated carbocycles. The van der Waals surface area contributed by atoms with Crippen LogP contribution in [0.4, 0.5) is 4.79 Å². The van der Waals surface area contributed by atoms with E-state index in [1.54, 1.807) is 6.92 Å². The van der Waals surface area contributed by atoms with Gasteiger partial charge in [0.2, 0.25) is 0 Å². The molecule has 3 amide bonds. The zero-order valence-corrected chi connectivity index (χ0v) is 12.6. The number of carbonyl (C=O) groups is 3. The standard InChI is InChI=1S/C13H23N3O4/c1-5-20-12(19)16-8-6-15(7-9-16)11(18)10(17)14-13(2,3)4/h5-9H2,1-4H3,(H,14,17). The Morgan fingerprint density at radius 1 is 1.05 bits per heavy atom. The minimum absolute atomic E-state index is 0.325. The first kappa shape index (κ1) is 16.3. The van der Waals surface area contributed by atoms with Crippen LogP contribution in [0.3, 0.4) is 0 Å². The molecule has 1 heterocycles. The minimum Gasteiger partial charge on any atom is -0.450 e. The first-order valence-corrected chi connectivity index (χ1v) is 6.77. The van der Waals surface area contributed by atoms with Crippen LogP contribution < -0.4 is 5.32 Å². The molecule has 1 rings (SSSR count). The molecule has 114 valence electrons. The Hall–Kier alpha value is -1.79. The Labute approximate surface area is 119 Å². The SMILES string of the molecule is CCOC(=O)N1CCN(C(=O)C(=O)NC(C)(C)C)CC1. The summed E-state index contributed by atoms with van der Waals surface area (Å²) in [4.78, 5) is 38.2. The molecule has 1 fully saturated rings. The molecule has 0 spiro atoms. The van der Waals surface area contributed by atoms with E-state index in [0.29, 0.717) is 32.8 Å². The summed E-state index contributed by atoms with van der Waals surface area (Å²) in [6, 6.07) is 0. The lowest BCUT2D eigenvalue weighted by atomic mass is 10.1. The molecule has 0 unspecified atom stereocenters. The number of nitrogens with zero attached hydrogens (tertiary/aromatic N) is 2. The van der Waals surface area contributed by atoms with E-state index in [9.17, 15) is 14.4 Å². The highest BCUT2D eigenvalue weighted by Crippen LogP contribution is 2.05. The summed E-state index contributed by atoms with van der Waals surface area (Å²) in [7, 11) is 0. The van der Waals surface area contributed by atoms with Gasteiger partial charge in [-0.1, -0.05) is 0 Å². The maximum Gasteiger partial charge on any atom is 0.409 e. The second kappa shape index (κ2) is 6.58. The van der Waals surface area contributed by atoms with E-state index >= 15 is 0 Å². The van der Waals surface area contributed by atoms with Crippen molar-refractivity contribution in [3.8, 4) is 0 Å². The third-order valence-electron chi connectivity index (χ3n) is 2.78. The largest absolute Gasteiger partial charge is 0.450 e. The van der Waals surface area contributed by atoms with Gasteiger partial charge in [-0.15, -0.1) is 0 Å². The quantitative estimate of drug-likeness (QED) is 0.698. The molecule has 7 heteroatoms. The molecule has 1 aliphatic heterocycles. The summed E-state index contributed by atoms with van der Waals surface area (Å²) in [5.41, 5.74) is -0.445. The summed E-state index contributed by atoms with van der Waals surface area (Å²) in [5, 5.41) is 2.64. The molecule has 0 aliphatic carbocycles. The molecule has 0 aromatic rings. The molecule has 0 bridgehead atoms. The van der Waals surface area contributed by atoms with Crippen molar-refractivity contribution >= 4 is 17.9 Å². The van der Waals surface area contributed by atoms with Gasteiger partial charge in [-0.2, -0.15) is 0 Å². The molecular weight excluding hydrogens is 262 g/mol. The van der Waals surface area contributed by atoms with Crippen LogP contribution in [-0.2, 0) is 14.3 Å². The number of hydrogen-bond donors (Lipinski definition) is 1. The first-order valence-electron chi connectivity index (χ1n) is 6.77. The highest BCUT2D eigenvalue weighted by atomic mass is 16.6. The van der Waals surface area contributed by atoms with Crippen LogP contribution in [0.25, 0.3) is 0 Å². The summed E-state index contributed by atoms with van der Waals surface area (Å²) in [6.45, 7) is 8.97. The lowest BCUT2D eigenvalue weighted by Crippen LogP contribution is -2.55. The topological polar surface area (TPSA) is 79.0 Å². The van der Waals surface area contributed by atoms with Gasteiger partial charge in [-0.05, 0) is 27.7 Å². The van der Waals surface area contributed by atoms with Gasteiger partial charge in [0.15, 0.2) is 0 Å². The van der Waals surface area contributed by atoms with Crippen LogP contribution in [-0.4, -0.2) is 66.0 Å². The number of hydrogen-bond acceptors (Lipinski definition) is 4. The number of nitrogens with one attached hydrogen (secondary N) is 1. The summed E-state index contributed by atoms with van der Waals surface area (Å²) in [6.07, 6.45) is -0.376. The average Bonchev–Trinajstić information content (AvgIpc) is 2.36. The molecular formula is C13H23N3O4. The van der Waals surface area contributed by atoms with Gasteiger partial charge in [-0.3, -0.25) is 9.59 Å². The van der Waals surface area contributed by atoms with Crippen LogP contribution in [0.15, 0.2) is 0 Å². The fraction of sp³-hybridized carbons (Fsp3) is 0.769. The van der Waals surface area contributed by atoms with E-state index in [2.05, 4.69) is 5.32 Å². The van der Waals surface area contributed by atoms with Crippen molar-refractivity contribution in [1.82, 2.24) is 15.1 Å². The Morgan fingerprint density at radius 3 is 2.00 bits per heavy atom. The van der Waals surface area contributed by atoms with Crippen molar-refractivity contribution in [1.29, 1.82) is 0 Å². The maximum atomic E-state index is 12.0. The minimum atomic E-state index is -0.609. The summed E-state index contributed by atoms with van der Waals surface area (Å²) >= 11 is 0. The van der Waals surface area contributed by atoms with Gasteiger partial charge in [0, 0.05) is 31.7 Å². The van der Waals surface area contributed by atoms with E-state index in [-0.39, 0.29) is 6.09 Å². The van der Waals surface area contributed by atoms with Gasteiger partial charge in [0.1, 0.15) is 0 Å². The van der Waals surface area contributed by atoms with E-state index in [4.69, 9.17) is 4.74 Å². The highest BCUT2D eigenvalue weighted by Gasteiger charge is 2.29. The lowest BCUT2D eigenvalue weighted by Gasteiger charge is -2.34. The lowest BCUT2D eigenvalue weighted by molar-refractivity contribution is -0.147. The van der Waals surface area contributed by atoms with E-state index < -0.39 is 17.4 Å². The Kier molecular flexibility index (Phi) is 5.35. The fourth-order valence-corrected chi connectivity index (χ4v) is 1.84. The molecule has 1 aliphatic rings. The van der Waals surface area contributed by atoms with Crippen molar-refractivity contribution in [2.24, 2.45) is 0 Å². The molecule has 0 aromatic carbocycles. The van der Waals surface area contributed by atoms with Crippen molar-refractivity contribution in [3.63, 3.8) is 0 Å². The average molecular weight is 285 g/mol. The Bertz CT molecular complexity index is 382. The van der Waals surface area contributed by atoms with Crippen molar-refractivity contribution in [3.05, 3.63) is 0 Å². The van der Waals surface area contributed by atoms with Gasteiger partial charge < -0.3 is 19.9 Å². The number of piperazine rings is 1. The van der Waals surface area contributed by atoms with Crippen LogP contribution in [0, 0.1) is 0 Å². The second-order valence-corrected chi connectivity index (χ2v) is 5.68. The maximum absolute atomic E-state index is 12.0. The number of rotatable bonds is 1. The molecule has 0 radical (unpaired) electrons. The second-order valence-electron chi connectivity index (χ2n) is 5.68. The van der Waals surface area contributed by atoms with E-state index in [0.717, 1.165) is 0 Å². The molecule has 0 aromatic heterocycles. The van der Waals surface area contributed by atoms with Gasteiger partial charge in [-0.25, -0.2) is 4.79 Å². The normalized spacial score (nSPS) is 15.8. The Balaban J connectivity index is 2.47. The third-order valence-corrected chi connectivity index (χ3v) is 2.78. The van der Waals surface area contributed by atoms with E-state index in [1.165, 1.54) is 9.80 Å². The first-order chi connectivity index (χ1) is 9.24. The van der Waals surface area contributed by atoms with Gasteiger partial charge in [0.05, 0.1) is 6.61 Å². The van der Waals surface area contributed by atoms with Crippen molar-refractivity contribution < 1.29 is 19.1 Å². The van der Waals surface area contributed by atoms with Crippen molar-refractivity contribution in [2.75, 3.05) is 32.8 Å². The van der Waals surface area contributed by atoms with Crippen LogP contribution in [0.2, 0.25) is 0 Å². The summed E-state index contributed by atoms with van der Waals surface area (Å²) in [5.74, 6) is -1.16. The predicted octanol–water partition coefficient (Wildman–Crippen LogP) is 0.202. The monoisotopic (exact) mass is 285 g/mol. The van der Waals surface area contributed by atoms with Crippen LogP contribution in [0.1, 0.15) is 27.7 Å². The molecule has 20 heavy (non-hydrogen) atoms. The van der Waals surface area contributed by atoms with Crippen LogP contribution in [0.5, 0.6) is 0 Å². The third kappa shape index (κ3) is 4.71. The van der Waals surface area contributed by atoms with Gasteiger partial charge >= 0.3 is 17.9 Å². The number of ether oxygens (including phenoxy) is 1. The number of amides is 3. The van der Waals surface area contributed by atoms with Crippen LogP contribution >= 0.6 is 0 Å². The smallest absolute Gasteiger partial charge is 0.409 e. The summed E-state index contributed by atoms with van der Waals surface area (Å²) < 4.78 is 4.89. The number of carbonyl (C=O) groups excluding carboxylic acids is 3. The predicted molar refractivity (Wildman–Crippen MR) is 73.1 cm³/mol. The van der Waals surface area contributed by atoms with Crippen molar-refractivity contribution in [2.45, 2.75) is 33.2 Å². The molecule has 7 nitrogen and oxygen atoms in total. The zero-order chi connectivity index (χ0) is 15.3. The van der Waals surface area contributed by atoms with Gasteiger partial charge in [0.25, 0.3) is 0 Å². The fourth-order valence-electron chi connectivity index (χ4n) is 1.84. The van der Waals surface area contributed by atoms with E-state index in [1.807, 2.05) is 20.8 Å². The molecule has 0 atom stereocenters. The highest BCUT2D eigenvalue weighted by molar-refractivity contribution is 6.35. The Morgan fingerprint density at radius 2 is 1.55 bits per heavy atom. The molecule has 1 N–H and O–H groups in total. The molecule has 1 saturated heterocycles. The zero-order valence-electron chi connectivity index (χ0n) is 12.6.